The molecule has 0 aliphatic rings. The van der Waals surface area contributed by atoms with Crippen molar-refractivity contribution in [2.24, 2.45) is 0 Å². The largest absolute Gasteiger partial charge is 0.416 e. The maximum Gasteiger partial charge on any atom is 0.416 e. The van der Waals surface area contributed by atoms with Crippen molar-refractivity contribution in [1.82, 2.24) is 5.32 Å². The summed E-state index contributed by atoms with van der Waals surface area (Å²) in [5.74, 6) is 0. The summed E-state index contributed by atoms with van der Waals surface area (Å²) >= 11 is 0. The lowest BCUT2D eigenvalue weighted by Crippen LogP contribution is -2.21. The van der Waals surface area contributed by atoms with Crippen molar-refractivity contribution < 1.29 is 18.3 Å². The monoisotopic (exact) mass is 309 g/mol. The Kier molecular flexibility index (Phi) is 5.21. The zero-order chi connectivity index (χ0) is 16.2. The minimum absolute atomic E-state index is 0.190. The molecule has 0 fully saturated rings. The van der Waals surface area contributed by atoms with Crippen LogP contribution in [0.3, 0.4) is 0 Å². The number of halogens is 3. The molecular weight excluding hydrogens is 291 g/mol. The van der Waals surface area contributed by atoms with Gasteiger partial charge in [-0.3, -0.25) is 0 Å². The molecule has 5 heteroatoms. The Bertz CT molecular complexity index is 625. The van der Waals surface area contributed by atoms with E-state index >= 15 is 0 Å². The van der Waals surface area contributed by atoms with Gasteiger partial charge in [-0.2, -0.15) is 13.2 Å². The molecule has 2 rings (SSSR count). The van der Waals surface area contributed by atoms with Gasteiger partial charge in [-0.25, -0.2) is 0 Å². The second kappa shape index (κ2) is 6.94. The number of rotatable bonds is 5. The molecule has 1 atom stereocenters. The van der Waals surface area contributed by atoms with E-state index in [0.717, 1.165) is 23.3 Å². The first kappa shape index (κ1) is 16.5. The summed E-state index contributed by atoms with van der Waals surface area (Å²) in [4.78, 5) is 0. The van der Waals surface area contributed by atoms with Gasteiger partial charge in [-0.05, 0) is 35.7 Å². The van der Waals surface area contributed by atoms with Crippen molar-refractivity contribution in [3.8, 4) is 0 Å². The number of alkyl halides is 3. The Morgan fingerprint density at radius 1 is 1.09 bits per heavy atom. The Morgan fingerprint density at radius 3 is 2.50 bits per heavy atom. The predicted octanol–water partition coefficient (Wildman–Crippen LogP) is 3.84. The second-order valence-electron chi connectivity index (χ2n) is 5.20. The van der Waals surface area contributed by atoms with Crippen molar-refractivity contribution >= 4 is 0 Å². The molecule has 2 N–H and O–H groups in total. The Morgan fingerprint density at radius 2 is 1.82 bits per heavy atom. The van der Waals surface area contributed by atoms with Crippen LogP contribution in [0.4, 0.5) is 13.2 Å². The molecule has 0 spiro atoms. The summed E-state index contributed by atoms with van der Waals surface area (Å²) in [6.45, 7) is 2.73. The van der Waals surface area contributed by atoms with Crippen LogP contribution < -0.4 is 5.32 Å². The van der Waals surface area contributed by atoms with Gasteiger partial charge in [0.2, 0.25) is 0 Å². The highest BCUT2D eigenvalue weighted by Crippen LogP contribution is 2.30. The third-order valence-electron chi connectivity index (χ3n) is 3.51. The van der Waals surface area contributed by atoms with Crippen LogP contribution in [-0.4, -0.2) is 11.7 Å². The summed E-state index contributed by atoms with van der Waals surface area (Å²) in [6.07, 6.45) is -5.38. The van der Waals surface area contributed by atoms with E-state index in [0.29, 0.717) is 6.54 Å². The molecule has 0 radical (unpaired) electrons. The zero-order valence-corrected chi connectivity index (χ0v) is 12.2. The van der Waals surface area contributed by atoms with E-state index in [1.807, 2.05) is 31.2 Å². The lowest BCUT2D eigenvalue weighted by molar-refractivity contribution is -0.137. The summed E-state index contributed by atoms with van der Waals surface area (Å²) in [5.41, 5.74) is 1.73. The number of hydrogen-bond donors (Lipinski definition) is 2. The first-order valence-electron chi connectivity index (χ1n) is 6.98. The van der Waals surface area contributed by atoms with Crippen LogP contribution in [0.15, 0.2) is 48.5 Å². The topological polar surface area (TPSA) is 32.3 Å². The van der Waals surface area contributed by atoms with Gasteiger partial charge < -0.3 is 10.4 Å². The first-order valence-corrected chi connectivity index (χ1v) is 6.98. The molecule has 2 aromatic rings. The molecule has 0 aliphatic heterocycles. The van der Waals surface area contributed by atoms with E-state index in [1.165, 1.54) is 12.1 Å². The summed E-state index contributed by atoms with van der Waals surface area (Å²) < 4.78 is 38.0. The zero-order valence-electron chi connectivity index (χ0n) is 12.2. The first-order chi connectivity index (χ1) is 10.4. The molecular formula is C17H18F3NO. The Hall–Kier alpha value is -1.85. The number of benzene rings is 2. The molecule has 2 aromatic carbocycles. The van der Waals surface area contributed by atoms with Crippen LogP contribution in [-0.2, 0) is 12.7 Å². The summed E-state index contributed by atoms with van der Waals surface area (Å²) in [6, 6.07) is 12.6. The van der Waals surface area contributed by atoms with E-state index in [1.54, 1.807) is 0 Å². The molecule has 118 valence electrons. The maximum absolute atomic E-state index is 12.7. The quantitative estimate of drug-likeness (QED) is 0.879. The molecule has 0 saturated heterocycles. The standard InChI is InChI=1S/C17H18F3NO/c1-12-5-2-3-6-14(12)10-21-11-16(22)13-7-4-8-15(9-13)17(18,19)20/h2-9,16,21-22H,10-11H2,1H3/t16-/m1/s1. The van der Waals surface area contributed by atoms with Gasteiger partial charge in [0.05, 0.1) is 11.7 Å². The third kappa shape index (κ3) is 4.32. The molecule has 0 heterocycles. The molecule has 0 bridgehead atoms. The molecule has 0 amide bonds. The highest BCUT2D eigenvalue weighted by Gasteiger charge is 2.30. The third-order valence-corrected chi connectivity index (χ3v) is 3.51. The molecule has 0 aliphatic carbocycles. The van der Waals surface area contributed by atoms with Gasteiger partial charge in [0, 0.05) is 13.1 Å². The van der Waals surface area contributed by atoms with E-state index in [4.69, 9.17) is 0 Å². The Labute approximate surface area is 127 Å². The summed E-state index contributed by atoms with van der Waals surface area (Å²) in [7, 11) is 0. The fourth-order valence-corrected chi connectivity index (χ4v) is 2.19. The van der Waals surface area contributed by atoms with Crippen LogP contribution in [0, 0.1) is 6.92 Å². The van der Waals surface area contributed by atoms with Gasteiger partial charge in [0.25, 0.3) is 0 Å². The van der Waals surface area contributed by atoms with Gasteiger partial charge >= 0.3 is 6.18 Å². The fraction of sp³-hybridized carbons (Fsp3) is 0.294. The molecule has 0 unspecified atom stereocenters. The number of aliphatic hydroxyl groups excluding tert-OH is 1. The number of hydrogen-bond acceptors (Lipinski definition) is 2. The van der Waals surface area contributed by atoms with Gasteiger partial charge in [0.15, 0.2) is 0 Å². The SMILES string of the molecule is Cc1ccccc1CNC[C@@H](O)c1cccc(C(F)(F)F)c1. The Balaban J connectivity index is 1.95. The van der Waals surface area contributed by atoms with E-state index in [2.05, 4.69) is 5.32 Å². The van der Waals surface area contributed by atoms with Crippen LogP contribution in [0.25, 0.3) is 0 Å². The molecule has 0 saturated carbocycles. The molecule has 22 heavy (non-hydrogen) atoms. The average Bonchev–Trinajstić information content (AvgIpc) is 2.48. The minimum Gasteiger partial charge on any atom is -0.387 e. The van der Waals surface area contributed by atoms with Gasteiger partial charge in [-0.15, -0.1) is 0 Å². The average molecular weight is 309 g/mol. The van der Waals surface area contributed by atoms with Crippen LogP contribution in [0.1, 0.15) is 28.4 Å². The number of aliphatic hydroxyl groups is 1. The normalized spacial score (nSPS) is 13.1. The van der Waals surface area contributed by atoms with Crippen LogP contribution in [0.2, 0.25) is 0 Å². The van der Waals surface area contributed by atoms with Gasteiger partial charge in [-0.1, -0.05) is 36.4 Å². The van der Waals surface area contributed by atoms with Gasteiger partial charge in [0.1, 0.15) is 0 Å². The van der Waals surface area contributed by atoms with Crippen molar-refractivity contribution in [3.05, 3.63) is 70.8 Å². The predicted molar refractivity (Wildman–Crippen MR) is 79.3 cm³/mol. The maximum atomic E-state index is 12.7. The van der Waals surface area contributed by atoms with Crippen molar-refractivity contribution in [2.45, 2.75) is 25.7 Å². The van der Waals surface area contributed by atoms with Crippen molar-refractivity contribution in [2.75, 3.05) is 6.54 Å². The highest BCUT2D eigenvalue weighted by atomic mass is 19.4. The van der Waals surface area contributed by atoms with E-state index in [9.17, 15) is 18.3 Å². The number of aryl methyl sites for hydroxylation is 1. The number of nitrogens with one attached hydrogen (secondary N) is 1. The second-order valence-corrected chi connectivity index (χ2v) is 5.20. The summed E-state index contributed by atoms with van der Waals surface area (Å²) in [5, 5.41) is 13.1. The smallest absolute Gasteiger partial charge is 0.387 e. The fourth-order valence-electron chi connectivity index (χ4n) is 2.19. The lowest BCUT2D eigenvalue weighted by Gasteiger charge is -2.15. The molecule has 0 aromatic heterocycles. The lowest BCUT2D eigenvalue weighted by atomic mass is 10.1. The van der Waals surface area contributed by atoms with E-state index < -0.39 is 17.8 Å². The minimum atomic E-state index is -4.40. The molecule has 2 nitrogen and oxygen atoms in total. The van der Waals surface area contributed by atoms with Crippen molar-refractivity contribution in [3.63, 3.8) is 0 Å². The highest BCUT2D eigenvalue weighted by molar-refractivity contribution is 5.28. The van der Waals surface area contributed by atoms with Crippen molar-refractivity contribution in [1.29, 1.82) is 0 Å². The van der Waals surface area contributed by atoms with E-state index in [-0.39, 0.29) is 12.1 Å². The van der Waals surface area contributed by atoms with Crippen LogP contribution in [0.5, 0.6) is 0 Å². The van der Waals surface area contributed by atoms with Crippen LogP contribution >= 0.6 is 0 Å².